The van der Waals surface area contributed by atoms with E-state index in [9.17, 15) is 0 Å². The number of methoxy groups -OCH3 is 6. The number of rotatable bonds is 18. The topological polar surface area (TPSA) is 180 Å². The Labute approximate surface area is 405 Å². The molecule has 2 N–H and O–H groups in total. The van der Waals surface area contributed by atoms with Crippen molar-refractivity contribution in [1.29, 1.82) is 0 Å². The summed E-state index contributed by atoms with van der Waals surface area (Å²) in [7, 11) is 9.86. The summed E-state index contributed by atoms with van der Waals surface area (Å²) in [6.07, 6.45) is 2.83. The summed E-state index contributed by atoms with van der Waals surface area (Å²) >= 11 is 0. The van der Waals surface area contributed by atoms with Gasteiger partial charge in [-0.2, -0.15) is 0 Å². The van der Waals surface area contributed by atoms with Crippen LogP contribution in [0.5, 0.6) is 34.5 Å². The monoisotopic (exact) mass is 1040 g/mol. The summed E-state index contributed by atoms with van der Waals surface area (Å²) in [4.78, 5) is 0. The minimum absolute atomic E-state index is 0. The molecular formula is C48H52Mo2N6O8. The van der Waals surface area contributed by atoms with Crippen molar-refractivity contribution in [3.8, 4) is 46.8 Å². The van der Waals surface area contributed by atoms with Gasteiger partial charge in [0.15, 0.2) is 0 Å². The van der Waals surface area contributed by atoms with Crippen LogP contribution in [0.4, 0.5) is 34.1 Å². The molecule has 16 heteroatoms. The quantitative estimate of drug-likeness (QED) is 0.0485. The summed E-state index contributed by atoms with van der Waals surface area (Å²) in [5, 5.41) is 41.6. The summed E-state index contributed by atoms with van der Waals surface area (Å²) < 4.78 is 30.5. The van der Waals surface area contributed by atoms with Crippen molar-refractivity contribution >= 4 is 34.1 Å². The molecule has 0 amide bonds. The molecule has 334 valence electrons. The van der Waals surface area contributed by atoms with Crippen molar-refractivity contribution in [2.75, 3.05) is 62.7 Å². The van der Waals surface area contributed by atoms with Gasteiger partial charge in [-0.3, -0.25) is 0 Å². The molecule has 6 aromatic carbocycles. The Balaban J connectivity index is 0.000000448. The van der Waals surface area contributed by atoms with E-state index >= 15 is 0 Å². The van der Waals surface area contributed by atoms with Crippen molar-refractivity contribution < 1.29 is 80.8 Å². The fraction of sp³-hybridized carbons (Fsp3) is 0.208. The second kappa shape index (κ2) is 33.3. The van der Waals surface area contributed by atoms with Gasteiger partial charge in [-0.25, -0.2) is 20.0 Å². The Bertz CT molecular complexity index is 1740. The van der Waals surface area contributed by atoms with Crippen molar-refractivity contribution in [3.63, 3.8) is 0 Å². The molecule has 6 aromatic rings. The predicted octanol–water partition coefficient (Wildman–Crippen LogP) is 12.0. The molecule has 0 saturated carbocycles. The zero-order valence-electron chi connectivity index (χ0n) is 36.5. The summed E-state index contributed by atoms with van der Waals surface area (Å²) in [6, 6.07) is 45.4. The van der Waals surface area contributed by atoms with Crippen molar-refractivity contribution in [2.45, 2.75) is 6.29 Å². The van der Waals surface area contributed by atoms with Crippen molar-refractivity contribution in [2.24, 2.45) is 0 Å². The molecule has 0 saturated heterocycles. The molecular weight excluding hydrogens is 980 g/mol. The van der Waals surface area contributed by atoms with E-state index < -0.39 is 6.29 Å². The van der Waals surface area contributed by atoms with Gasteiger partial charge >= 0.3 is 42.1 Å². The molecule has 6 rings (SSSR count). The van der Waals surface area contributed by atoms with Gasteiger partial charge in [0, 0.05) is 0 Å². The van der Waals surface area contributed by atoms with Gasteiger partial charge < -0.3 is 70.5 Å². The first-order chi connectivity index (χ1) is 30.2. The molecule has 0 heterocycles. The Kier molecular flexibility index (Phi) is 29.1. The maximum atomic E-state index is 7.68. The first-order valence-corrected chi connectivity index (χ1v) is 18.9. The Morgan fingerprint density at radius 3 is 0.562 bits per heavy atom. The molecule has 0 fully saturated rings. The summed E-state index contributed by atoms with van der Waals surface area (Å²) in [5.74, 6) is 6.59. The molecule has 0 bridgehead atoms. The van der Waals surface area contributed by atoms with Gasteiger partial charge in [0.25, 0.3) is 0 Å². The van der Waals surface area contributed by atoms with E-state index in [0.717, 1.165) is 68.6 Å². The van der Waals surface area contributed by atoms with Crippen LogP contribution < -0.4 is 28.4 Å². The zero-order chi connectivity index (χ0) is 44.8. The van der Waals surface area contributed by atoms with Crippen molar-refractivity contribution in [1.82, 2.24) is 0 Å². The van der Waals surface area contributed by atoms with E-state index in [2.05, 4.69) is 38.3 Å². The first kappa shape index (κ1) is 55.8. The fourth-order valence-corrected chi connectivity index (χ4v) is 4.72. The smallest absolute Gasteiger partial charge is 0.699 e. The average molecular weight is 1030 g/mol. The first-order valence-electron chi connectivity index (χ1n) is 18.9. The molecule has 0 aliphatic rings. The van der Waals surface area contributed by atoms with E-state index in [0.29, 0.717) is 20.0 Å². The minimum Gasteiger partial charge on any atom is -0.699 e. The van der Waals surface area contributed by atoms with Gasteiger partial charge in [0.1, 0.15) is 34.5 Å². The van der Waals surface area contributed by atoms with Gasteiger partial charge in [0.05, 0.1) is 42.7 Å². The van der Waals surface area contributed by atoms with Crippen LogP contribution in [0.1, 0.15) is 0 Å². The second-order valence-corrected chi connectivity index (χ2v) is 12.1. The van der Waals surface area contributed by atoms with Crippen LogP contribution in [0.2, 0.25) is 0 Å². The van der Waals surface area contributed by atoms with Crippen molar-refractivity contribution in [3.05, 3.63) is 177 Å². The Morgan fingerprint density at radius 2 is 0.469 bits per heavy atom. The number of hydrogen-bond donors (Lipinski definition) is 2. The normalized spacial score (nSPS) is 9.31. The van der Waals surface area contributed by atoms with Crippen LogP contribution in [0, 0.1) is 12.3 Å². The van der Waals surface area contributed by atoms with Crippen LogP contribution in [-0.2, 0) is 42.1 Å². The minimum atomic E-state index is -1.59. The van der Waals surface area contributed by atoms with Gasteiger partial charge in [0.2, 0.25) is 6.29 Å². The van der Waals surface area contributed by atoms with Gasteiger partial charge in [-0.1, -0.05) is 72.8 Å². The number of terminal acetylenes is 1. The van der Waals surface area contributed by atoms with Crippen LogP contribution in [0.25, 0.3) is 31.9 Å². The fourth-order valence-electron chi connectivity index (χ4n) is 4.72. The number of aliphatic hydroxyl groups is 2. The molecule has 0 aromatic heterocycles. The zero-order valence-corrected chi connectivity index (χ0v) is 40.5. The SMILES string of the molecule is C#CC(O)O.COc1ccc([N-]C[N-]c2ccc(OC)cc2)cc1.COc1ccc([N-]C[N-]c2ccc(OC)cc2)cc1.COc1ccc([N-]C[N-]c2ccc(OC)cc2)cc1.[Mo+3].[Mo+3]. The van der Waals surface area contributed by atoms with E-state index in [1.165, 1.54) is 0 Å². The predicted molar refractivity (Wildman–Crippen MR) is 248 cm³/mol. The molecule has 0 atom stereocenters. The van der Waals surface area contributed by atoms with E-state index in [-0.39, 0.29) is 42.1 Å². The Morgan fingerprint density at radius 1 is 0.344 bits per heavy atom. The van der Waals surface area contributed by atoms with Gasteiger partial charge in [-0.05, 0) is 78.7 Å². The molecule has 0 spiro atoms. The van der Waals surface area contributed by atoms with Crippen LogP contribution >= 0.6 is 0 Å². The number of aliphatic hydroxyl groups excluding tert-OH is 1. The number of benzene rings is 6. The van der Waals surface area contributed by atoms with Crippen LogP contribution in [-0.4, -0.2) is 79.2 Å². The standard InChI is InChI=1S/3C15H16N2O2.C3H4O2.2Mo/c3*1-18-14-7-3-12(4-8-14)16-11-17-13-5-9-15(19-2)10-6-13;1-2-3(4)5;;/h3*3-10H,11H2,1-2H3;1,3-5H;;/q3*-2;;2*+3. The maximum absolute atomic E-state index is 7.68. The number of hydrogen-bond acceptors (Lipinski definition) is 8. The maximum Gasteiger partial charge on any atom is 3.00 e. The summed E-state index contributed by atoms with van der Waals surface area (Å²) in [6.45, 7) is 1.20. The third kappa shape index (κ3) is 22.7. The average Bonchev–Trinajstić information content (AvgIpc) is 3.33. The molecule has 14 nitrogen and oxygen atoms in total. The van der Waals surface area contributed by atoms with E-state index in [1.807, 2.05) is 146 Å². The number of nitrogens with zero attached hydrogens (tertiary/aromatic N) is 6. The number of ether oxygens (including phenoxy) is 6. The molecule has 0 aliphatic heterocycles. The van der Waals surface area contributed by atoms with E-state index in [4.69, 9.17) is 38.6 Å². The Hall–Kier alpha value is -6.22. The van der Waals surface area contributed by atoms with Gasteiger partial charge in [-0.15, -0.1) is 40.5 Å². The third-order valence-corrected chi connectivity index (χ3v) is 8.10. The van der Waals surface area contributed by atoms with Crippen LogP contribution in [0.15, 0.2) is 146 Å². The van der Waals surface area contributed by atoms with E-state index in [1.54, 1.807) is 48.6 Å². The molecule has 64 heavy (non-hydrogen) atoms. The molecule has 2 radical (unpaired) electrons. The molecule has 0 aliphatic carbocycles. The molecule has 0 unspecified atom stereocenters. The van der Waals surface area contributed by atoms with Crippen LogP contribution in [0.3, 0.4) is 0 Å². The largest absolute Gasteiger partial charge is 3.00 e. The third-order valence-electron chi connectivity index (χ3n) is 8.10. The second-order valence-electron chi connectivity index (χ2n) is 12.1. The summed E-state index contributed by atoms with van der Waals surface area (Å²) in [5.41, 5.74) is 5.32.